The lowest BCUT2D eigenvalue weighted by molar-refractivity contribution is -0.114. The summed E-state index contributed by atoms with van der Waals surface area (Å²) in [6.07, 6.45) is 0.833. The van der Waals surface area contributed by atoms with Crippen LogP contribution in [0.2, 0.25) is 0 Å². The number of anilines is 4. The Hall–Kier alpha value is -3.74. The average Bonchev–Trinajstić information content (AvgIpc) is 3.03. The van der Waals surface area contributed by atoms with Crippen molar-refractivity contribution in [2.75, 3.05) is 15.5 Å². The SMILES string of the molecule is CC(=O)Nc1cccc(Nc2ccc(C(=O)N3c4ccccc4CC3C)nn2)c1. The maximum atomic E-state index is 13.0. The number of nitrogens with one attached hydrogen (secondary N) is 2. The Morgan fingerprint density at radius 2 is 1.79 bits per heavy atom. The molecule has 0 saturated heterocycles. The monoisotopic (exact) mass is 387 g/mol. The zero-order valence-electron chi connectivity index (χ0n) is 16.2. The largest absolute Gasteiger partial charge is 0.339 e. The Morgan fingerprint density at radius 1 is 1.00 bits per heavy atom. The molecule has 2 aromatic carbocycles. The summed E-state index contributed by atoms with van der Waals surface area (Å²) in [5, 5.41) is 14.1. The van der Waals surface area contributed by atoms with Gasteiger partial charge >= 0.3 is 0 Å². The van der Waals surface area contributed by atoms with Crippen LogP contribution in [-0.4, -0.2) is 28.1 Å². The van der Waals surface area contributed by atoms with Crippen LogP contribution in [-0.2, 0) is 11.2 Å². The fraction of sp³-hybridized carbons (Fsp3) is 0.182. The molecule has 1 aliphatic rings. The minimum atomic E-state index is -0.158. The number of hydrogen-bond acceptors (Lipinski definition) is 5. The zero-order chi connectivity index (χ0) is 20.4. The molecule has 0 saturated carbocycles. The molecular formula is C22H21N5O2. The van der Waals surface area contributed by atoms with Gasteiger partial charge in [-0.2, -0.15) is 0 Å². The number of hydrogen-bond donors (Lipinski definition) is 2. The molecule has 1 aliphatic heterocycles. The van der Waals surface area contributed by atoms with Crippen LogP contribution >= 0.6 is 0 Å². The Kier molecular flexibility index (Phi) is 4.95. The summed E-state index contributed by atoms with van der Waals surface area (Å²) in [4.78, 5) is 26.0. The highest BCUT2D eigenvalue weighted by Crippen LogP contribution is 2.32. The third kappa shape index (κ3) is 3.94. The van der Waals surface area contributed by atoms with Gasteiger partial charge < -0.3 is 15.5 Å². The summed E-state index contributed by atoms with van der Waals surface area (Å²) in [5.74, 6) is 0.216. The van der Waals surface area contributed by atoms with Crippen molar-refractivity contribution in [1.82, 2.24) is 10.2 Å². The van der Waals surface area contributed by atoms with Crippen LogP contribution in [0.5, 0.6) is 0 Å². The van der Waals surface area contributed by atoms with E-state index in [4.69, 9.17) is 0 Å². The maximum Gasteiger partial charge on any atom is 0.279 e. The number of para-hydroxylation sites is 1. The Labute approximate surface area is 168 Å². The van der Waals surface area contributed by atoms with Crippen LogP contribution in [0.1, 0.15) is 29.9 Å². The number of rotatable bonds is 4. The fourth-order valence-electron chi connectivity index (χ4n) is 3.54. The van der Waals surface area contributed by atoms with Crippen LogP contribution in [0.15, 0.2) is 60.7 Å². The molecule has 0 fully saturated rings. The van der Waals surface area contributed by atoms with Crippen molar-refractivity contribution in [3.8, 4) is 0 Å². The molecule has 3 aromatic rings. The van der Waals surface area contributed by atoms with Gasteiger partial charge in [-0.05, 0) is 55.3 Å². The Bertz CT molecular complexity index is 1060. The fourth-order valence-corrected chi connectivity index (χ4v) is 3.54. The van der Waals surface area contributed by atoms with Crippen molar-refractivity contribution in [1.29, 1.82) is 0 Å². The van der Waals surface area contributed by atoms with E-state index >= 15 is 0 Å². The molecule has 0 radical (unpaired) electrons. The average molecular weight is 387 g/mol. The minimum Gasteiger partial charge on any atom is -0.339 e. The predicted octanol–water partition coefficient (Wildman–Crippen LogP) is 3.77. The number of nitrogens with zero attached hydrogens (tertiary/aromatic N) is 3. The first-order valence-electron chi connectivity index (χ1n) is 9.41. The normalized spacial score (nSPS) is 15.0. The predicted molar refractivity (Wildman–Crippen MR) is 112 cm³/mol. The van der Waals surface area contributed by atoms with E-state index in [-0.39, 0.29) is 17.9 Å². The van der Waals surface area contributed by atoms with E-state index in [2.05, 4.69) is 20.8 Å². The number of benzene rings is 2. The van der Waals surface area contributed by atoms with Crippen molar-refractivity contribution in [3.63, 3.8) is 0 Å². The first-order chi connectivity index (χ1) is 14.0. The van der Waals surface area contributed by atoms with E-state index in [0.29, 0.717) is 17.2 Å². The van der Waals surface area contributed by atoms with Crippen molar-refractivity contribution in [2.24, 2.45) is 0 Å². The van der Waals surface area contributed by atoms with E-state index in [1.54, 1.807) is 29.2 Å². The van der Waals surface area contributed by atoms with E-state index in [1.165, 1.54) is 12.5 Å². The second kappa shape index (κ2) is 7.71. The van der Waals surface area contributed by atoms with Gasteiger partial charge in [0.2, 0.25) is 5.91 Å². The lowest BCUT2D eigenvalue weighted by Gasteiger charge is -2.22. The number of carbonyl (C=O) groups is 2. The highest BCUT2D eigenvalue weighted by molar-refractivity contribution is 6.06. The van der Waals surface area contributed by atoms with Gasteiger partial charge in [0.25, 0.3) is 5.91 Å². The van der Waals surface area contributed by atoms with Gasteiger partial charge in [0, 0.05) is 30.0 Å². The second-order valence-electron chi connectivity index (χ2n) is 7.05. The molecule has 2 heterocycles. The molecule has 2 amide bonds. The molecule has 1 atom stereocenters. The standard InChI is InChI=1S/C22H21N5O2/c1-14-12-16-6-3-4-9-20(16)27(14)22(29)19-10-11-21(26-25-19)24-18-8-5-7-17(13-18)23-15(2)28/h3-11,13-14H,12H2,1-2H3,(H,23,28)(H,24,26). The molecule has 1 aromatic heterocycles. The van der Waals surface area contributed by atoms with E-state index in [9.17, 15) is 9.59 Å². The van der Waals surface area contributed by atoms with E-state index in [0.717, 1.165) is 17.8 Å². The zero-order valence-corrected chi connectivity index (χ0v) is 16.2. The number of aromatic nitrogens is 2. The van der Waals surface area contributed by atoms with Gasteiger partial charge in [-0.15, -0.1) is 10.2 Å². The topological polar surface area (TPSA) is 87.2 Å². The molecule has 7 nitrogen and oxygen atoms in total. The third-order valence-electron chi connectivity index (χ3n) is 4.77. The lowest BCUT2D eigenvalue weighted by atomic mass is 10.1. The molecule has 2 N–H and O–H groups in total. The molecule has 0 spiro atoms. The van der Waals surface area contributed by atoms with E-state index < -0.39 is 0 Å². The summed E-state index contributed by atoms with van der Waals surface area (Å²) < 4.78 is 0. The molecular weight excluding hydrogens is 366 g/mol. The second-order valence-corrected chi connectivity index (χ2v) is 7.05. The first kappa shape index (κ1) is 18.6. The van der Waals surface area contributed by atoms with Crippen LogP contribution in [0.3, 0.4) is 0 Å². The smallest absolute Gasteiger partial charge is 0.279 e. The van der Waals surface area contributed by atoms with Crippen LogP contribution in [0.4, 0.5) is 22.9 Å². The van der Waals surface area contributed by atoms with Gasteiger partial charge in [-0.25, -0.2) is 0 Å². The summed E-state index contributed by atoms with van der Waals surface area (Å²) >= 11 is 0. The summed E-state index contributed by atoms with van der Waals surface area (Å²) in [6, 6.07) is 18.7. The first-order valence-corrected chi connectivity index (χ1v) is 9.41. The molecule has 146 valence electrons. The van der Waals surface area contributed by atoms with Crippen molar-refractivity contribution < 1.29 is 9.59 Å². The summed E-state index contributed by atoms with van der Waals surface area (Å²) in [6.45, 7) is 3.49. The Balaban J connectivity index is 1.50. The van der Waals surface area contributed by atoms with Crippen molar-refractivity contribution in [2.45, 2.75) is 26.3 Å². The molecule has 7 heteroatoms. The number of carbonyl (C=O) groups excluding carboxylic acids is 2. The van der Waals surface area contributed by atoms with Crippen molar-refractivity contribution in [3.05, 3.63) is 71.9 Å². The van der Waals surface area contributed by atoms with Gasteiger partial charge in [0.05, 0.1) is 0 Å². The number of fused-ring (bicyclic) bond motifs is 1. The van der Waals surface area contributed by atoms with Gasteiger partial charge in [-0.3, -0.25) is 9.59 Å². The summed E-state index contributed by atoms with van der Waals surface area (Å²) in [7, 11) is 0. The van der Waals surface area contributed by atoms with Crippen molar-refractivity contribution >= 4 is 34.7 Å². The molecule has 0 aliphatic carbocycles. The van der Waals surface area contributed by atoms with Gasteiger partial charge in [-0.1, -0.05) is 24.3 Å². The van der Waals surface area contributed by atoms with Gasteiger partial charge in [0.15, 0.2) is 11.5 Å². The molecule has 4 rings (SSSR count). The minimum absolute atomic E-state index is 0.0796. The Morgan fingerprint density at radius 3 is 2.55 bits per heavy atom. The quantitative estimate of drug-likeness (QED) is 0.712. The van der Waals surface area contributed by atoms with Crippen LogP contribution in [0.25, 0.3) is 0 Å². The highest BCUT2D eigenvalue weighted by atomic mass is 16.2. The number of amides is 2. The lowest BCUT2D eigenvalue weighted by Crippen LogP contribution is -2.36. The van der Waals surface area contributed by atoms with E-state index in [1.807, 2.05) is 43.3 Å². The molecule has 1 unspecified atom stereocenters. The van der Waals surface area contributed by atoms with Crippen LogP contribution in [0, 0.1) is 0 Å². The van der Waals surface area contributed by atoms with Gasteiger partial charge in [0.1, 0.15) is 0 Å². The van der Waals surface area contributed by atoms with Crippen LogP contribution < -0.4 is 15.5 Å². The molecule has 0 bridgehead atoms. The maximum absolute atomic E-state index is 13.0. The molecule has 29 heavy (non-hydrogen) atoms. The summed E-state index contributed by atoms with van der Waals surface area (Å²) in [5.41, 5.74) is 3.84. The third-order valence-corrected chi connectivity index (χ3v) is 4.77. The highest BCUT2D eigenvalue weighted by Gasteiger charge is 2.31.